The van der Waals surface area contributed by atoms with Crippen LogP contribution in [-0.2, 0) is 6.42 Å². The summed E-state index contributed by atoms with van der Waals surface area (Å²) in [7, 11) is 0. The maximum Gasteiger partial charge on any atom is 0.140 e. The lowest BCUT2D eigenvalue weighted by Crippen LogP contribution is -2.57. The summed E-state index contributed by atoms with van der Waals surface area (Å²) in [6.45, 7) is 0.995. The van der Waals surface area contributed by atoms with Crippen LogP contribution in [0.15, 0.2) is 15.9 Å². The van der Waals surface area contributed by atoms with Crippen LogP contribution in [0.4, 0.5) is 4.39 Å². The predicted octanol–water partition coefficient (Wildman–Crippen LogP) is 2.36. The second-order valence-electron chi connectivity index (χ2n) is 3.12. The van der Waals surface area contributed by atoms with E-state index in [9.17, 15) is 4.39 Å². The molecule has 1 nitrogen and oxygen atoms in total. The van der Waals surface area contributed by atoms with Crippen LogP contribution in [0.3, 0.4) is 0 Å². The van der Waals surface area contributed by atoms with Crippen LogP contribution in [-0.4, -0.2) is 18.8 Å². The first-order valence-electron chi connectivity index (χ1n) is 3.81. The number of rotatable bonds is 2. The van der Waals surface area contributed by atoms with Gasteiger partial charge >= 0.3 is 0 Å². The van der Waals surface area contributed by atoms with Crippen LogP contribution in [0.2, 0.25) is 0 Å². The molecule has 66 valence electrons. The first kappa shape index (κ1) is 8.66. The van der Waals surface area contributed by atoms with Crippen LogP contribution in [0, 0.1) is 0 Å². The second-order valence-corrected chi connectivity index (χ2v) is 4.98. The van der Waals surface area contributed by atoms with Crippen molar-refractivity contribution in [2.45, 2.75) is 12.1 Å². The van der Waals surface area contributed by atoms with Crippen molar-refractivity contribution in [1.82, 2.24) is 5.32 Å². The van der Waals surface area contributed by atoms with Gasteiger partial charge in [-0.15, -0.1) is 11.3 Å². The number of hydrogen-bond donors (Lipinski definition) is 1. The van der Waals surface area contributed by atoms with Gasteiger partial charge in [0.1, 0.15) is 5.67 Å². The standard InChI is InChI=1S/C8H9BrFNS/c9-6-1-2-12-7(6)3-8(10)4-11-5-8/h1-2,11H,3-5H2. The van der Waals surface area contributed by atoms with E-state index in [0.717, 1.165) is 9.35 Å². The van der Waals surface area contributed by atoms with Gasteiger partial charge in [0.05, 0.1) is 0 Å². The van der Waals surface area contributed by atoms with E-state index in [0.29, 0.717) is 19.5 Å². The minimum Gasteiger partial charge on any atom is -0.310 e. The molecule has 4 heteroatoms. The number of halogens is 2. The van der Waals surface area contributed by atoms with Gasteiger partial charge in [0, 0.05) is 28.9 Å². The van der Waals surface area contributed by atoms with Crippen LogP contribution < -0.4 is 5.32 Å². The Hall–Kier alpha value is 0.0700. The van der Waals surface area contributed by atoms with Crippen molar-refractivity contribution in [3.8, 4) is 0 Å². The highest BCUT2D eigenvalue weighted by molar-refractivity contribution is 9.10. The second kappa shape index (κ2) is 3.09. The van der Waals surface area contributed by atoms with Crippen molar-refractivity contribution >= 4 is 27.3 Å². The summed E-state index contributed by atoms with van der Waals surface area (Å²) < 4.78 is 14.6. The number of alkyl halides is 1. The summed E-state index contributed by atoms with van der Waals surface area (Å²) in [6, 6.07) is 1.97. The van der Waals surface area contributed by atoms with E-state index in [2.05, 4.69) is 21.2 Å². The first-order chi connectivity index (χ1) is 5.70. The van der Waals surface area contributed by atoms with Crippen molar-refractivity contribution < 1.29 is 4.39 Å². The van der Waals surface area contributed by atoms with E-state index in [1.165, 1.54) is 0 Å². The summed E-state index contributed by atoms with van der Waals surface area (Å²) in [5, 5.41) is 4.93. The maximum absolute atomic E-state index is 13.6. The summed E-state index contributed by atoms with van der Waals surface area (Å²) in [4.78, 5) is 1.11. The molecule has 1 aliphatic rings. The van der Waals surface area contributed by atoms with Gasteiger partial charge in [-0.2, -0.15) is 0 Å². The summed E-state index contributed by atoms with van der Waals surface area (Å²) in [5.74, 6) is 0. The molecule has 2 heterocycles. The molecule has 1 aliphatic heterocycles. The molecule has 0 radical (unpaired) electrons. The zero-order valence-electron chi connectivity index (χ0n) is 6.44. The number of hydrogen-bond acceptors (Lipinski definition) is 2. The monoisotopic (exact) mass is 249 g/mol. The molecule has 1 N–H and O–H groups in total. The van der Waals surface area contributed by atoms with Gasteiger partial charge in [-0.05, 0) is 27.4 Å². The van der Waals surface area contributed by atoms with Crippen LogP contribution in [0.1, 0.15) is 4.88 Å². The molecule has 1 fully saturated rings. The Morgan fingerprint density at radius 2 is 2.42 bits per heavy atom. The Labute approximate surface area is 83.1 Å². The highest BCUT2D eigenvalue weighted by Crippen LogP contribution is 2.30. The minimum atomic E-state index is -0.993. The Bertz CT molecular complexity index is 282. The van der Waals surface area contributed by atoms with Gasteiger partial charge in [0.15, 0.2) is 0 Å². The lowest BCUT2D eigenvalue weighted by atomic mass is 9.95. The highest BCUT2D eigenvalue weighted by atomic mass is 79.9. The lowest BCUT2D eigenvalue weighted by molar-refractivity contribution is 0.0919. The largest absolute Gasteiger partial charge is 0.310 e. The average Bonchev–Trinajstić information content (AvgIpc) is 2.34. The van der Waals surface area contributed by atoms with Crippen molar-refractivity contribution in [2.24, 2.45) is 0 Å². The molecule has 1 aromatic heterocycles. The molecule has 0 saturated carbocycles. The molecular formula is C8H9BrFNS. The van der Waals surface area contributed by atoms with E-state index >= 15 is 0 Å². The fraction of sp³-hybridized carbons (Fsp3) is 0.500. The van der Waals surface area contributed by atoms with Gasteiger partial charge in [-0.3, -0.25) is 0 Å². The van der Waals surface area contributed by atoms with E-state index in [1.807, 2.05) is 11.4 Å². The normalized spacial score (nSPS) is 20.5. The zero-order valence-corrected chi connectivity index (χ0v) is 8.84. The molecule has 0 bridgehead atoms. The third-order valence-corrected chi connectivity index (χ3v) is 3.98. The number of nitrogens with one attached hydrogen (secondary N) is 1. The molecule has 0 amide bonds. The van der Waals surface area contributed by atoms with Crippen molar-refractivity contribution in [1.29, 1.82) is 0 Å². The molecule has 0 atom stereocenters. The van der Waals surface area contributed by atoms with E-state index < -0.39 is 5.67 Å². The smallest absolute Gasteiger partial charge is 0.140 e. The maximum atomic E-state index is 13.6. The van der Waals surface area contributed by atoms with E-state index in [-0.39, 0.29) is 0 Å². The van der Waals surface area contributed by atoms with Gasteiger partial charge in [-0.1, -0.05) is 0 Å². The average molecular weight is 250 g/mol. The molecular weight excluding hydrogens is 241 g/mol. The first-order valence-corrected chi connectivity index (χ1v) is 5.48. The Morgan fingerprint density at radius 3 is 2.83 bits per heavy atom. The molecule has 2 rings (SSSR count). The Morgan fingerprint density at radius 1 is 1.67 bits per heavy atom. The summed E-state index contributed by atoms with van der Waals surface area (Å²) in [5.41, 5.74) is -0.993. The molecule has 0 spiro atoms. The predicted molar refractivity (Wildman–Crippen MR) is 52.4 cm³/mol. The van der Waals surface area contributed by atoms with Crippen LogP contribution >= 0.6 is 27.3 Å². The highest BCUT2D eigenvalue weighted by Gasteiger charge is 2.37. The number of thiophene rings is 1. The Balaban J connectivity index is 2.08. The molecule has 0 unspecified atom stereocenters. The van der Waals surface area contributed by atoms with E-state index in [1.54, 1.807) is 11.3 Å². The minimum absolute atomic E-state index is 0.497. The summed E-state index contributed by atoms with van der Waals surface area (Å²) in [6.07, 6.45) is 0.540. The van der Waals surface area contributed by atoms with E-state index in [4.69, 9.17) is 0 Å². The quantitative estimate of drug-likeness (QED) is 0.849. The third kappa shape index (κ3) is 1.56. The fourth-order valence-corrected chi connectivity index (χ4v) is 2.88. The van der Waals surface area contributed by atoms with Crippen molar-refractivity contribution in [2.75, 3.05) is 13.1 Å². The molecule has 0 aliphatic carbocycles. The summed E-state index contributed by atoms with van der Waals surface area (Å²) >= 11 is 5.01. The van der Waals surface area contributed by atoms with Gasteiger partial charge in [-0.25, -0.2) is 4.39 Å². The van der Waals surface area contributed by atoms with Gasteiger partial charge < -0.3 is 5.32 Å². The van der Waals surface area contributed by atoms with Gasteiger partial charge in [0.2, 0.25) is 0 Å². The van der Waals surface area contributed by atoms with Crippen LogP contribution in [0.5, 0.6) is 0 Å². The molecule has 1 aromatic rings. The fourth-order valence-electron chi connectivity index (χ4n) is 1.26. The molecule has 1 saturated heterocycles. The van der Waals surface area contributed by atoms with Crippen molar-refractivity contribution in [3.05, 3.63) is 20.8 Å². The zero-order chi connectivity index (χ0) is 8.60. The third-order valence-electron chi connectivity index (χ3n) is 2.05. The topological polar surface area (TPSA) is 12.0 Å². The van der Waals surface area contributed by atoms with Crippen molar-refractivity contribution in [3.63, 3.8) is 0 Å². The Kier molecular flexibility index (Phi) is 2.23. The van der Waals surface area contributed by atoms with Gasteiger partial charge in [0.25, 0.3) is 0 Å². The molecule has 12 heavy (non-hydrogen) atoms. The SMILES string of the molecule is FC1(Cc2sccc2Br)CNC1. The van der Waals surface area contributed by atoms with Crippen LogP contribution in [0.25, 0.3) is 0 Å². The lowest BCUT2D eigenvalue weighted by Gasteiger charge is -2.34. The molecule has 0 aromatic carbocycles.